The number of anilines is 1. The maximum Gasteiger partial charge on any atom is 0.137 e. The van der Waals surface area contributed by atoms with Gasteiger partial charge in [0.05, 0.1) is 17.7 Å². The van der Waals surface area contributed by atoms with Crippen LogP contribution in [0.25, 0.3) is 10.9 Å². The van der Waals surface area contributed by atoms with Crippen LogP contribution in [0.5, 0.6) is 0 Å². The van der Waals surface area contributed by atoms with Crippen LogP contribution >= 0.6 is 11.6 Å². The Morgan fingerprint density at radius 2 is 2.21 bits per heavy atom. The Bertz CT molecular complexity index is 615. The number of halogens is 1. The van der Waals surface area contributed by atoms with E-state index in [2.05, 4.69) is 15.3 Å². The zero-order valence-corrected chi connectivity index (χ0v) is 11.5. The van der Waals surface area contributed by atoms with Crippen molar-refractivity contribution in [2.45, 2.75) is 25.3 Å². The van der Waals surface area contributed by atoms with E-state index in [0.29, 0.717) is 10.9 Å². The van der Waals surface area contributed by atoms with E-state index in [0.717, 1.165) is 29.6 Å². The van der Waals surface area contributed by atoms with Gasteiger partial charge in [-0.05, 0) is 43.9 Å². The van der Waals surface area contributed by atoms with Gasteiger partial charge in [0.2, 0.25) is 0 Å². The molecule has 1 heterocycles. The van der Waals surface area contributed by atoms with Crippen LogP contribution in [0.1, 0.15) is 19.8 Å². The summed E-state index contributed by atoms with van der Waals surface area (Å²) in [6, 6.07) is 5.55. The first-order valence-corrected chi connectivity index (χ1v) is 6.79. The maximum absolute atomic E-state index is 9.65. The van der Waals surface area contributed by atoms with Gasteiger partial charge in [0.1, 0.15) is 12.1 Å². The largest absolute Gasteiger partial charge is 0.394 e. The van der Waals surface area contributed by atoms with E-state index in [1.165, 1.54) is 6.33 Å². The summed E-state index contributed by atoms with van der Waals surface area (Å²) >= 11 is 5.97. The zero-order valence-electron chi connectivity index (χ0n) is 10.7. The van der Waals surface area contributed by atoms with E-state index in [1.807, 2.05) is 25.1 Å². The molecule has 1 atom stereocenters. The van der Waals surface area contributed by atoms with E-state index in [-0.39, 0.29) is 12.1 Å². The molecule has 0 spiro atoms. The molecule has 0 aliphatic heterocycles. The molecule has 1 aromatic carbocycles. The Morgan fingerprint density at radius 3 is 2.89 bits per heavy atom. The fraction of sp³-hybridized carbons (Fsp3) is 0.429. The number of benzene rings is 1. The van der Waals surface area contributed by atoms with Gasteiger partial charge in [-0.2, -0.15) is 0 Å². The third-order valence-corrected chi connectivity index (χ3v) is 4.04. The molecule has 1 aromatic heterocycles. The Kier molecular flexibility index (Phi) is 3.07. The van der Waals surface area contributed by atoms with Crippen molar-refractivity contribution in [1.29, 1.82) is 0 Å². The summed E-state index contributed by atoms with van der Waals surface area (Å²) in [6.07, 6.45) is 3.82. The first-order chi connectivity index (χ1) is 9.12. The molecule has 1 aliphatic rings. The number of nitrogens with zero attached hydrogens (tertiary/aromatic N) is 2. The Balaban J connectivity index is 2.00. The fourth-order valence-corrected chi connectivity index (χ4v) is 2.56. The molecule has 2 aromatic rings. The van der Waals surface area contributed by atoms with Crippen molar-refractivity contribution in [2.75, 3.05) is 11.9 Å². The van der Waals surface area contributed by atoms with Crippen LogP contribution in [0.15, 0.2) is 24.5 Å². The van der Waals surface area contributed by atoms with E-state index >= 15 is 0 Å². The van der Waals surface area contributed by atoms with Gasteiger partial charge in [-0.15, -0.1) is 0 Å². The van der Waals surface area contributed by atoms with Gasteiger partial charge in [-0.3, -0.25) is 0 Å². The Morgan fingerprint density at radius 1 is 1.42 bits per heavy atom. The molecule has 1 fully saturated rings. The van der Waals surface area contributed by atoms with Crippen LogP contribution in [-0.2, 0) is 0 Å². The van der Waals surface area contributed by atoms with Gasteiger partial charge in [0, 0.05) is 10.4 Å². The molecule has 1 unspecified atom stereocenters. The maximum atomic E-state index is 9.65. The highest BCUT2D eigenvalue weighted by atomic mass is 35.5. The minimum Gasteiger partial charge on any atom is -0.394 e. The standard InChI is InChI=1S/C14H16ClN3O/c1-14(7-19,9-2-3-9)18-13-11-5-4-10(15)6-12(11)16-8-17-13/h4-6,8-9,19H,2-3,7H2,1H3,(H,16,17,18). The lowest BCUT2D eigenvalue weighted by atomic mass is 9.97. The van der Waals surface area contributed by atoms with Crippen molar-refractivity contribution in [1.82, 2.24) is 9.97 Å². The molecule has 4 nitrogen and oxygen atoms in total. The SMILES string of the molecule is CC(CO)(Nc1ncnc2cc(Cl)ccc12)C1CC1. The highest BCUT2D eigenvalue weighted by molar-refractivity contribution is 6.31. The van der Waals surface area contributed by atoms with E-state index in [4.69, 9.17) is 11.6 Å². The van der Waals surface area contributed by atoms with Gasteiger partial charge in [-0.1, -0.05) is 11.6 Å². The summed E-state index contributed by atoms with van der Waals surface area (Å²) in [6.45, 7) is 2.13. The Hall–Kier alpha value is -1.39. The van der Waals surface area contributed by atoms with Crippen LogP contribution in [-0.4, -0.2) is 27.2 Å². The molecule has 0 amide bonds. The van der Waals surface area contributed by atoms with Gasteiger partial charge >= 0.3 is 0 Å². The number of aliphatic hydroxyl groups is 1. The summed E-state index contributed by atoms with van der Waals surface area (Å²) in [5.41, 5.74) is 0.488. The average Bonchev–Trinajstić information content (AvgIpc) is 3.23. The lowest BCUT2D eigenvalue weighted by Gasteiger charge is -2.29. The summed E-state index contributed by atoms with van der Waals surface area (Å²) in [5, 5.41) is 14.6. The van der Waals surface area contributed by atoms with E-state index in [9.17, 15) is 5.11 Å². The average molecular weight is 278 g/mol. The smallest absolute Gasteiger partial charge is 0.137 e. The highest BCUT2D eigenvalue weighted by Crippen LogP contribution is 2.41. The molecule has 100 valence electrons. The second-order valence-electron chi connectivity index (χ2n) is 5.36. The first kappa shape index (κ1) is 12.6. The predicted molar refractivity (Wildman–Crippen MR) is 76.4 cm³/mol. The molecular formula is C14H16ClN3O. The third-order valence-electron chi connectivity index (χ3n) is 3.81. The van der Waals surface area contributed by atoms with Gasteiger partial charge in [-0.25, -0.2) is 9.97 Å². The number of hydrogen-bond acceptors (Lipinski definition) is 4. The molecule has 0 saturated heterocycles. The minimum absolute atomic E-state index is 0.0940. The molecule has 3 rings (SSSR count). The van der Waals surface area contributed by atoms with Gasteiger partial charge < -0.3 is 10.4 Å². The van der Waals surface area contributed by atoms with Crippen molar-refractivity contribution >= 4 is 28.3 Å². The number of aliphatic hydroxyl groups excluding tert-OH is 1. The number of nitrogens with one attached hydrogen (secondary N) is 1. The first-order valence-electron chi connectivity index (χ1n) is 6.42. The van der Waals surface area contributed by atoms with Crippen LogP contribution in [0.3, 0.4) is 0 Å². The van der Waals surface area contributed by atoms with Crippen molar-refractivity contribution in [3.63, 3.8) is 0 Å². The number of rotatable bonds is 4. The molecule has 0 radical (unpaired) electrons. The van der Waals surface area contributed by atoms with E-state index in [1.54, 1.807) is 0 Å². The molecule has 2 N–H and O–H groups in total. The summed E-state index contributed by atoms with van der Waals surface area (Å²) < 4.78 is 0. The fourth-order valence-electron chi connectivity index (χ4n) is 2.39. The molecule has 1 aliphatic carbocycles. The summed E-state index contributed by atoms with van der Waals surface area (Å²) in [4.78, 5) is 8.52. The van der Waals surface area contributed by atoms with Crippen LogP contribution < -0.4 is 5.32 Å². The third kappa shape index (κ3) is 2.38. The van der Waals surface area contributed by atoms with E-state index < -0.39 is 0 Å². The van der Waals surface area contributed by atoms with Crippen LogP contribution in [0.4, 0.5) is 5.82 Å². The monoisotopic (exact) mass is 277 g/mol. The van der Waals surface area contributed by atoms with Crippen molar-refractivity contribution in [3.8, 4) is 0 Å². The number of aromatic nitrogens is 2. The second kappa shape index (κ2) is 4.62. The van der Waals surface area contributed by atoms with Crippen molar-refractivity contribution < 1.29 is 5.11 Å². The topological polar surface area (TPSA) is 58.0 Å². The lowest BCUT2D eigenvalue weighted by Crippen LogP contribution is -2.41. The van der Waals surface area contributed by atoms with Crippen LogP contribution in [0, 0.1) is 5.92 Å². The molecule has 1 saturated carbocycles. The molecule has 0 bridgehead atoms. The highest BCUT2D eigenvalue weighted by Gasteiger charge is 2.41. The predicted octanol–water partition coefficient (Wildman–Crippen LogP) is 2.86. The molecule has 5 heteroatoms. The van der Waals surface area contributed by atoms with Gasteiger partial charge in [0.25, 0.3) is 0 Å². The molecular weight excluding hydrogens is 262 g/mol. The normalized spacial score (nSPS) is 18.3. The zero-order chi connectivity index (χ0) is 13.5. The lowest BCUT2D eigenvalue weighted by molar-refractivity contribution is 0.206. The number of hydrogen-bond donors (Lipinski definition) is 2. The van der Waals surface area contributed by atoms with Crippen molar-refractivity contribution in [2.24, 2.45) is 5.92 Å². The van der Waals surface area contributed by atoms with Gasteiger partial charge in [0.15, 0.2) is 0 Å². The quantitative estimate of drug-likeness (QED) is 0.902. The minimum atomic E-state index is -0.319. The summed E-state index contributed by atoms with van der Waals surface area (Å²) in [7, 11) is 0. The van der Waals surface area contributed by atoms with Crippen LogP contribution in [0.2, 0.25) is 5.02 Å². The Labute approximate surface area is 116 Å². The second-order valence-corrected chi connectivity index (χ2v) is 5.80. The number of fused-ring (bicyclic) bond motifs is 1. The van der Waals surface area contributed by atoms with Crippen molar-refractivity contribution in [3.05, 3.63) is 29.5 Å². The summed E-state index contributed by atoms with van der Waals surface area (Å²) in [5.74, 6) is 1.26. The molecule has 19 heavy (non-hydrogen) atoms.